The number of aryl methyl sites for hydroxylation is 1. The number of thiophene rings is 1. The summed E-state index contributed by atoms with van der Waals surface area (Å²) in [6, 6.07) is 17.5. The normalized spacial score (nSPS) is 10.4. The third-order valence-corrected chi connectivity index (χ3v) is 4.90. The van der Waals surface area contributed by atoms with E-state index in [9.17, 15) is 4.79 Å². The molecule has 24 heavy (non-hydrogen) atoms. The zero-order valence-electron chi connectivity index (χ0n) is 13.7. The van der Waals surface area contributed by atoms with Crippen molar-refractivity contribution in [3.05, 3.63) is 81.5 Å². The van der Waals surface area contributed by atoms with Gasteiger partial charge in [0.2, 0.25) is 0 Å². The maximum atomic E-state index is 12.3. The summed E-state index contributed by atoms with van der Waals surface area (Å²) in [5, 5.41) is 4.83. The predicted molar refractivity (Wildman–Crippen MR) is 99.0 cm³/mol. The summed E-state index contributed by atoms with van der Waals surface area (Å²) in [4.78, 5) is 13.5. The zero-order chi connectivity index (χ0) is 16.9. The van der Waals surface area contributed by atoms with Crippen LogP contribution >= 0.6 is 11.3 Å². The van der Waals surface area contributed by atoms with Gasteiger partial charge in [-0.15, -0.1) is 11.3 Å². The van der Waals surface area contributed by atoms with Gasteiger partial charge in [0.05, 0.1) is 5.56 Å². The van der Waals surface area contributed by atoms with Gasteiger partial charge in [-0.05, 0) is 49.2 Å². The van der Waals surface area contributed by atoms with E-state index in [1.807, 2.05) is 73.8 Å². The number of hydrogen-bond donors (Lipinski definition) is 1. The van der Waals surface area contributed by atoms with Crippen molar-refractivity contribution in [1.29, 1.82) is 0 Å². The van der Waals surface area contributed by atoms with Gasteiger partial charge in [-0.3, -0.25) is 4.79 Å². The van der Waals surface area contributed by atoms with Crippen LogP contribution in [0.2, 0.25) is 0 Å². The van der Waals surface area contributed by atoms with Crippen LogP contribution in [0.1, 0.15) is 26.4 Å². The Hall–Kier alpha value is -2.59. The molecule has 0 aliphatic carbocycles. The van der Waals surface area contributed by atoms with E-state index in [0.29, 0.717) is 6.61 Å². The molecular weight excluding hydrogens is 318 g/mol. The Balaban J connectivity index is 1.60. The number of carbonyl (C=O) groups is 1. The van der Waals surface area contributed by atoms with E-state index in [2.05, 4.69) is 5.32 Å². The molecule has 4 heteroatoms. The van der Waals surface area contributed by atoms with Crippen molar-refractivity contribution < 1.29 is 9.53 Å². The average molecular weight is 337 g/mol. The minimum atomic E-state index is -0.0743. The lowest BCUT2D eigenvalue weighted by molar-refractivity contribution is 0.102. The molecule has 0 atom stereocenters. The molecule has 1 aromatic heterocycles. The van der Waals surface area contributed by atoms with Crippen LogP contribution in [0.25, 0.3) is 0 Å². The first-order chi connectivity index (χ1) is 11.6. The fraction of sp³-hybridized carbons (Fsp3) is 0.150. The standard InChI is InChI=1S/C20H19NO2S/c1-14-15(2)24-13-19(14)20(22)21-17-8-10-18(11-9-17)23-12-16-6-4-3-5-7-16/h3-11,13H,12H2,1-2H3,(H,21,22). The molecule has 0 bridgehead atoms. The van der Waals surface area contributed by atoms with Crippen molar-refractivity contribution >= 4 is 22.9 Å². The summed E-state index contributed by atoms with van der Waals surface area (Å²) < 4.78 is 5.75. The molecular formula is C20H19NO2S. The maximum absolute atomic E-state index is 12.3. The SMILES string of the molecule is Cc1scc(C(=O)Nc2ccc(OCc3ccccc3)cc2)c1C. The summed E-state index contributed by atoms with van der Waals surface area (Å²) in [7, 11) is 0. The van der Waals surface area contributed by atoms with E-state index in [1.165, 1.54) is 4.88 Å². The van der Waals surface area contributed by atoms with Crippen LogP contribution in [0.5, 0.6) is 5.75 Å². The fourth-order valence-electron chi connectivity index (χ4n) is 2.31. The number of hydrogen-bond acceptors (Lipinski definition) is 3. The molecule has 1 N–H and O–H groups in total. The Bertz CT molecular complexity index is 823. The number of rotatable bonds is 5. The van der Waals surface area contributed by atoms with Gasteiger partial charge in [0.25, 0.3) is 5.91 Å². The van der Waals surface area contributed by atoms with E-state index in [0.717, 1.165) is 28.1 Å². The van der Waals surface area contributed by atoms with Crippen molar-refractivity contribution in [1.82, 2.24) is 0 Å². The van der Waals surface area contributed by atoms with Crippen molar-refractivity contribution in [3.8, 4) is 5.75 Å². The van der Waals surface area contributed by atoms with Crippen LogP contribution in [0.4, 0.5) is 5.69 Å². The smallest absolute Gasteiger partial charge is 0.256 e. The van der Waals surface area contributed by atoms with Crippen LogP contribution in [0, 0.1) is 13.8 Å². The summed E-state index contributed by atoms with van der Waals surface area (Å²) in [6.45, 7) is 4.52. The van der Waals surface area contributed by atoms with Gasteiger partial charge in [-0.25, -0.2) is 0 Å². The third-order valence-electron chi connectivity index (χ3n) is 3.89. The number of nitrogens with one attached hydrogen (secondary N) is 1. The third kappa shape index (κ3) is 3.84. The van der Waals surface area contributed by atoms with Gasteiger partial charge in [-0.2, -0.15) is 0 Å². The van der Waals surface area contributed by atoms with Gasteiger partial charge in [-0.1, -0.05) is 30.3 Å². The molecule has 3 nitrogen and oxygen atoms in total. The second-order valence-electron chi connectivity index (χ2n) is 5.58. The molecule has 0 saturated heterocycles. The lowest BCUT2D eigenvalue weighted by Crippen LogP contribution is -2.12. The molecule has 122 valence electrons. The topological polar surface area (TPSA) is 38.3 Å². The minimum absolute atomic E-state index is 0.0743. The summed E-state index contributed by atoms with van der Waals surface area (Å²) in [5.41, 5.74) is 3.66. The first kappa shape index (κ1) is 16.3. The quantitative estimate of drug-likeness (QED) is 0.695. The van der Waals surface area contributed by atoms with Crippen LogP contribution in [0.3, 0.4) is 0 Å². The van der Waals surface area contributed by atoms with Gasteiger partial charge in [0, 0.05) is 15.9 Å². The number of ether oxygens (including phenoxy) is 1. The number of benzene rings is 2. The van der Waals surface area contributed by atoms with Gasteiger partial charge in [0.1, 0.15) is 12.4 Å². The molecule has 0 unspecified atom stereocenters. The Morgan fingerprint density at radius 2 is 1.75 bits per heavy atom. The van der Waals surface area contributed by atoms with Crippen LogP contribution in [-0.2, 0) is 6.61 Å². The van der Waals surface area contributed by atoms with Crippen molar-refractivity contribution in [3.63, 3.8) is 0 Å². The second kappa shape index (κ2) is 7.32. The van der Waals surface area contributed by atoms with E-state index in [1.54, 1.807) is 11.3 Å². The first-order valence-electron chi connectivity index (χ1n) is 7.76. The highest BCUT2D eigenvalue weighted by Crippen LogP contribution is 2.22. The molecule has 0 aliphatic rings. The van der Waals surface area contributed by atoms with Crippen molar-refractivity contribution in [2.24, 2.45) is 0 Å². The number of amides is 1. The van der Waals surface area contributed by atoms with Gasteiger partial charge in [0.15, 0.2) is 0 Å². The average Bonchev–Trinajstić information content (AvgIpc) is 2.94. The lowest BCUT2D eigenvalue weighted by atomic mass is 10.1. The maximum Gasteiger partial charge on any atom is 0.256 e. The van der Waals surface area contributed by atoms with Crippen LogP contribution < -0.4 is 10.1 Å². The van der Waals surface area contributed by atoms with E-state index < -0.39 is 0 Å². The Labute approximate surface area is 145 Å². The second-order valence-corrected chi connectivity index (χ2v) is 6.67. The van der Waals surface area contributed by atoms with E-state index >= 15 is 0 Å². The molecule has 3 aromatic rings. The highest BCUT2D eigenvalue weighted by Gasteiger charge is 2.12. The molecule has 0 aliphatic heterocycles. The fourth-order valence-corrected chi connectivity index (χ4v) is 3.18. The van der Waals surface area contributed by atoms with Crippen molar-refractivity contribution in [2.75, 3.05) is 5.32 Å². The molecule has 0 fully saturated rings. The monoisotopic (exact) mass is 337 g/mol. The number of anilines is 1. The highest BCUT2D eigenvalue weighted by atomic mass is 32.1. The summed E-state index contributed by atoms with van der Waals surface area (Å²) in [5.74, 6) is 0.703. The van der Waals surface area contributed by atoms with E-state index in [-0.39, 0.29) is 5.91 Å². The number of carbonyl (C=O) groups excluding carboxylic acids is 1. The van der Waals surface area contributed by atoms with Crippen LogP contribution in [0.15, 0.2) is 60.0 Å². The molecule has 0 saturated carbocycles. The molecule has 1 amide bonds. The first-order valence-corrected chi connectivity index (χ1v) is 8.64. The molecule has 0 spiro atoms. The minimum Gasteiger partial charge on any atom is -0.489 e. The van der Waals surface area contributed by atoms with E-state index in [4.69, 9.17) is 4.74 Å². The molecule has 1 heterocycles. The Kier molecular flexibility index (Phi) is 4.96. The van der Waals surface area contributed by atoms with Crippen molar-refractivity contribution in [2.45, 2.75) is 20.5 Å². The highest BCUT2D eigenvalue weighted by molar-refractivity contribution is 7.10. The Morgan fingerprint density at radius 3 is 2.38 bits per heavy atom. The summed E-state index contributed by atoms with van der Waals surface area (Å²) in [6.07, 6.45) is 0. The largest absolute Gasteiger partial charge is 0.489 e. The predicted octanol–water partition coefficient (Wildman–Crippen LogP) is 5.20. The molecule has 2 aromatic carbocycles. The Morgan fingerprint density at radius 1 is 1.04 bits per heavy atom. The summed E-state index contributed by atoms with van der Waals surface area (Å²) >= 11 is 1.60. The lowest BCUT2D eigenvalue weighted by Gasteiger charge is -2.08. The molecule has 0 radical (unpaired) electrons. The van der Waals surface area contributed by atoms with Gasteiger partial charge < -0.3 is 10.1 Å². The van der Waals surface area contributed by atoms with Crippen LogP contribution in [-0.4, -0.2) is 5.91 Å². The van der Waals surface area contributed by atoms with Gasteiger partial charge >= 0.3 is 0 Å². The zero-order valence-corrected chi connectivity index (χ0v) is 14.5. The molecule has 3 rings (SSSR count).